The highest BCUT2D eigenvalue weighted by Gasteiger charge is 2.05. The zero-order valence-corrected chi connectivity index (χ0v) is 8.44. The fourth-order valence-corrected chi connectivity index (χ4v) is 0.880. The van der Waals surface area contributed by atoms with Gasteiger partial charge >= 0.3 is 5.97 Å². The summed E-state index contributed by atoms with van der Waals surface area (Å²) in [7, 11) is 0. The van der Waals surface area contributed by atoms with Gasteiger partial charge in [0.1, 0.15) is 0 Å². The van der Waals surface area contributed by atoms with E-state index in [1.54, 1.807) is 19.9 Å². The van der Waals surface area contributed by atoms with Crippen LogP contribution in [0.25, 0.3) is 6.08 Å². The van der Waals surface area contributed by atoms with Crippen LogP contribution in [0.4, 0.5) is 0 Å². The molecule has 0 aliphatic heterocycles. The van der Waals surface area contributed by atoms with E-state index in [4.69, 9.17) is 4.74 Å². The van der Waals surface area contributed by atoms with Crippen molar-refractivity contribution in [3.8, 4) is 0 Å². The molecule has 1 aromatic rings. The predicted octanol–water partition coefficient (Wildman–Crippen LogP) is 2.86. The Morgan fingerprint density at radius 1 is 1.29 bits per heavy atom. The molecule has 0 aromatic heterocycles. The topological polar surface area (TPSA) is 26.3 Å². The Balaban J connectivity index is 2.46. The molecule has 0 atom stereocenters. The molecule has 0 aliphatic rings. The van der Waals surface area contributed by atoms with Crippen LogP contribution in [-0.2, 0) is 9.53 Å². The van der Waals surface area contributed by atoms with Crippen LogP contribution in [0.2, 0.25) is 0 Å². The maximum Gasteiger partial charge on any atom is 0.313 e. The summed E-state index contributed by atoms with van der Waals surface area (Å²) >= 11 is 0. The Hall–Kier alpha value is -1.57. The molecule has 0 amide bonds. The zero-order chi connectivity index (χ0) is 10.4. The van der Waals surface area contributed by atoms with E-state index in [0.29, 0.717) is 0 Å². The second-order valence-electron chi connectivity index (χ2n) is 3.31. The molecule has 0 aliphatic carbocycles. The highest BCUT2D eigenvalue weighted by molar-refractivity contribution is 5.72. The van der Waals surface area contributed by atoms with Gasteiger partial charge in [0.2, 0.25) is 0 Å². The molecular formula is C12H14O2. The molecule has 0 spiro atoms. The molecule has 14 heavy (non-hydrogen) atoms. The van der Waals surface area contributed by atoms with Gasteiger partial charge in [0.15, 0.2) is 0 Å². The molecule has 0 saturated carbocycles. The number of hydrogen-bond donors (Lipinski definition) is 0. The molecule has 0 unspecified atom stereocenters. The third-order valence-corrected chi connectivity index (χ3v) is 1.72. The van der Waals surface area contributed by atoms with Crippen molar-refractivity contribution < 1.29 is 9.53 Å². The maximum atomic E-state index is 11.1. The molecule has 2 nitrogen and oxygen atoms in total. The largest absolute Gasteiger partial charge is 0.434 e. The van der Waals surface area contributed by atoms with E-state index in [2.05, 4.69) is 0 Å². The highest BCUT2D eigenvalue weighted by atomic mass is 16.5. The molecule has 0 fully saturated rings. The molecule has 74 valence electrons. The summed E-state index contributed by atoms with van der Waals surface area (Å²) in [5.41, 5.74) is 1.02. The normalized spacial score (nSPS) is 10.8. The molecule has 0 bridgehead atoms. The lowest BCUT2D eigenvalue weighted by molar-refractivity contribution is -0.141. The van der Waals surface area contributed by atoms with Crippen LogP contribution in [0, 0.1) is 5.92 Å². The number of benzene rings is 1. The van der Waals surface area contributed by atoms with Gasteiger partial charge in [-0.3, -0.25) is 4.79 Å². The monoisotopic (exact) mass is 190 g/mol. The standard InChI is InChI=1S/C12H14O2/c1-10(2)12(13)14-9-8-11-6-4-3-5-7-11/h3-10H,1-2H3. The van der Waals surface area contributed by atoms with Gasteiger partial charge in [0.05, 0.1) is 12.2 Å². The SMILES string of the molecule is CC(C)C(=O)OC=Cc1ccccc1. The first-order chi connectivity index (χ1) is 6.70. The van der Waals surface area contributed by atoms with Crippen molar-refractivity contribution in [1.82, 2.24) is 0 Å². The number of ether oxygens (including phenoxy) is 1. The van der Waals surface area contributed by atoms with E-state index < -0.39 is 0 Å². The number of hydrogen-bond acceptors (Lipinski definition) is 2. The molecule has 0 heterocycles. The third-order valence-electron chi connectivity index (χ3n) is 1.72. The fourth-order valence-electron chi connectivity index (χ4n) is 0.880. The Morgan fingerprint density at radius 3 is 2.50 bits per heavy atom. The molecule has 1 aromatic carbocycles. The maximum absolute atomic E-state index is 11.1. The van der Waals surface area contributed by atoms with Crippen molar-refractivity contribution in [3.05, 3.63) is 42.2 Å². The van der Waals surface area contributed by atoms with Crippen molar-refractivity contribution >= 4 is 12.0 Å². The molecule has 2 heteroatoms. The van der Waals surface area contributed by atoms with Gasteiger partial charge in [-0.05, 0) is 11.6 Å². The Kier molecular flexibility index (Phi) is 3.92. The van der Waals surface area contributed by atoms with Gasteiger partial charge in [-0.2, -0.15) is 0 Å². The van der Waals surface area contributed by atoms with Crippen LogP contribution < -0.4 is 0 Å². The van der Waals surface area contributed by atoms with Crippen molar-refractivity contribution in [2.75, 3.05) is 0 Å². The van der Waals surface area contributed by atoms with E-state index in [1.807, 2.05) is 30.3 Å². The predicted molar refractivity (Wildman–Crippen MR) is 56.4 cm³/mol. The van der Waals surface area contributed by atoms with E-state index in [9.17, 15) is 4.79 Å². The first-order valence-corrected chi connectivity index (χ1v) is 4.62. The zero-order valence-electron chi connectivity index (χ0n) is 8.44. The summed E-state index contributed by atoms with van der Waals surface area (Å²) < 4.78 is 4.89. The van der Waals surface area contributed by atoms with Crippen LogP contribution in [0.1, 0.15) is 19.4 Å². The van der Waals surface area contributed by atoms with Crippen molar-refractivity contribution in [3.63, 3.8) is 0 Å². The minimum Gasteiger partial charge on any atom is -0.434 e. The minimum atomic E-state index is -0.211. The minimum absolute atomic E-state index is 0.0876. The first-order valence-electron chi connectivity index (χ1n) is 4.62. The molecule has 0 N–H and O–H groups in total. The average Bonchev–Trinajstić information content (AvgIpc) is 2.19. The van der Waals surface area contributed by atoms with Crippen LogP contribution in [-0.4, -0.2) is 5.97 Å². The number of esters is 1. The van der Waals surface area contributed by atoms with Crippen LogP contribution in [0.15, 0.2) is 36.6 Å². The van der Waals surface area contributed by atoms with Gasteiger partial charge in [0.25, 0.3) is 0 Å². The smallest absolute Gasteiger partial charge is 0.313 e. The summed E-state index contributed by atoms with van der Waals surface area (Å²) in [6.45, 7) is 3.61. The van der Waals surface area contributed by atoms with E-state index in [1.165, 1.54) is 6.26 Å². The summed E-state index contributed by atoms with van der Waals surface area (Å²) in [5.74, 6) is -0.299. The second kappa shape index (κ2) is 5.22. The van der Waals surface area contributed by atoms with Gasteiger partial charge in [-0.15, -0.1) is 0 Å². The molecule has 0 radical (unpaired) electrons. The lowest BCUT2D eigenvalue weighted by atomic mass is 10.2. The second-order valence-corrected chi connectivity index (χ2v) is 3.31. The first kappa shape index (κ1) is 10.5. The lowest BCUT2D eigenvalue weighted by Crippen LogP contribution is -2.07. The Morgan fingerprint density at radius 2 is 1.93 bits per heavy atom. The highest BCUT2D eigenvalue weighted by Crippen LogP contribution is 2.02. The van der Waals surface area contributed by atoms with E-state index in [0.717, 1.165) is 5.56 Å². The molecular weight excluding hydrogens is 176 g/mol. The summed E-state index contributed by atoms with van der Waals surface area (Å²) in [6, 6.07) is 9.70. The summed E-state index contributed by atoms with van der Waals surface area (Å²) in [6.07, 6.45) is 3.19. The van der Waals surface area contributed by atoms with Crippen molar-refractivity contribution in [2.45, 2.75) is 13.8 Å². The van der Waals surface area contributed by atoms with E-state index >= 15 is 0 Å². The van der Waals surface area contributed by atoms with Gasteiger partial charge < -0.3 is 4.74 Å². The Bertz CT molecular complexity index is 312. The molecule has 1 rings (SSSR count). The van der Waals surface area contributed by atoms with Gasteiger partial charge in [-0.1, -0.05) is 44.2 Å². The Labute approximate surface area is 84.2 Å². The van der Waals surface area contributed by atoms with Crippen molar-refractivity contribution in [1.29, 1.82) is 0 Å². The van der Waals surface area contributed by atoms with Crippen molar-refractivity contribution in [2.24, 2.45) is 5.92 Å². The average molecular weight is 190 g/mol. The lowest BCUT2D eigenvalue weighted by Gasteiger charge is -2.00. The summed E-state index contributed by atoms with van der Waals surface area (Å²) in [4.78, 5) is 11.1. The fraction of sp³-hybridized carbons (Fsp3) is 0.250. The summed E-state index contributed by atoms with van der Waals surface area (Å²) in [5, 5.41) is 0. The van der Waals surface area contributed by atoms with Crippen LogP contribution >= 0.6 is 0 Å². The van der Waals surface area contributed by atoms with Crippen LogP contribution in [0.5, 0.6) is 0 Å². The third kappa shape index (κ3) is 3.44. The number of carbonyl (C=O) groups is 1. The quantitative estimate of drug-likeness (QED) is 0.541. The van der Waals surface area contributed by atoms with Gasteiger partial charge in [0, 0.05) is 0 Å². The molecule has 0 saturated heterocycles. The van der Waals surface area contributed by atoms with Gasteiger partial charge in [-0.25, -0.2) is 0 Å². The van der Waals surface area contributed by atoms with E-state index in [-0.39, 0.29) is 11.9 Å². The number of carbonyl (C=O) groups excluding carboxylic acids is 1. The number of rotatable bonds is 3. The van der Waals surface area contributed by atoms with Crippen LogP contribution in [0.3, 0.4) is 0 Å².